The highest BCUT2D eigenvalue weighted by Crippen LogP contribution is 2.34. The maximum atomic E-state index is 10.4. The first-order valence-corrected chi connectivity index (χ1v) is 7.37. The van der Waals surface area contributed by atoms with Crippen molar-refractivity contribution in [2.75, 3.05) is 26.4 Å². The van der Waals surface area contributed by atoms with Gasteiger partial charge in [-0.2, -0.15) is 0 Å². The Hall–Kier alpha value is -0.160. The minimum atomic E-state index is -0.447. The summed E-state index contributed by atoms with van der Waals surface area (Å²) < 4.78 is 11.4. The van der Waals surface area contributed by atoms with Crippen molar-refractivity contribution in [3.8, 4) is 0 Å². The van der Waals surface area contributed by atoms with Crippen LogP contribution >= 0.6 is 0 Å². The molecule has 2 saturated heterocycles. The van der Waals surface area contributed by atoms with Gasteiger partial charge in [-0.25, -0.2) is 0 Å². The van der Waals surface area contributed by atoms with Gasteiger partial charge in [0.15, 0.2) is 0 Å². The van der Waals surface area contributed by atoms with Gasteiger partial charge in [-0.1, -0.05) is 12.8 Å². The molecule has 2 aliphatic heterocycles. The van der Waals surface area contributed by atoms with E-state index in [4.69, 9.17) is 9.47 Å². The lowest BCUT2D eigenvalue weighted by atomic mass is 9.89. The second-order valence-corrected chi connectivity index (χ2v) is 6.34. The van der Waals surface area contributed by atoms with Crippen LogP contribution in [0.2, 0.25) is 0 Å². The van der Waals surface area contributed by atoms with E-state index in [0.29, 0.717) is 6.04 Å². The highest BCUT2D eigenvalue weighted by atomic mass is 16.6. The molecule has 0 aromatic heterocycles. The fraction of sp³-hybridized carbons (Fsp3) is 1.00. The average Bonchev–Trinajstić information content (AvgIpc) is 2.98. The molecule has 18 heavy (non-hydrogen) atoms. The second kappa shape index (κ2) is 5.08. The number of ether oxygens (including phenoxy) is 2. The topological polar surface area (TPSA) is 50.7 Å². The molecule has 2 unspecified atom stereocenters. The van der Waals surface area contributed by atoms with Crippen molar-refractivity contribution in [1.82, 2.24) is 5.32 Å². The Morgan fingerprint density at radius 3 is 2.72 bits per heavy atom. The van der Waals surface area contributed by atoms with E-state index in [1.807, 2.05) is 0 Å². The van der Waals surface area contributed by atoms with E-state index in [1.54, 1.807) is 0 Å². The van der Waals surface area contributed by atoms with Crippen LogP contribution in [0.1, 0.15) is 44.9 Å². The third kappa shape index (κ3) is 2.72. The SMILES string of the molecule is OC1(CNC2CCOC3(CCOC3)C2)CCCC1. The van der Waals surface area contributed by atoms with E-state index in [9.17, 15) is 5.11 Å². The van der Waals surface area contributed by atoms with E-state index in [1.165, 1.54) is 12.8 Å². The summed E-state index contributed by atoms with van der Waals surface area (Å²) >= 11 is 0. The van der Waals surface area contributed by atoms with E-state index >= 15 is 0 Å². The van der Waals surface area contributed by atoms with Crippen molar-refractivity contribution in [2.24, 2.45) is 0 Å². The molecule has 0 bridgehead atoms. The molecule has 4 heteroatoms. The summed E-state index contributed by atoms with van der Waals surface area (Å²) in [7, 11) is 0. The first kappa shape index (κ1) is 12.9. The summed E-state index contributed by atoms with van der Waals surface area (Å²) in [6, 6.07) is 0.477. The van der Waals surface area contributed by atoms with Crippen LogP contribution in [0.4, 0.5) is 0 Å². The van der Waals surface area contributed by atoms with Crippen LogP contribution in [0.15, 0.2) is 0 Å². The highest BCUT2D eigenvalue weighted by Gasteiger charge is 2.41. The predicted octanol–water partition coefficient (Wildman–Crippen LogP) is 1.22. The molecule has 4 nitrogen and oxygen atoms in total. The normalized spacial score (nSPS) is 39.5. The quantitative estimate of drug-likeness (QED) is 0.796. The second-order valence-electron chi connectivity index (χ2n) is 6.34. The molecule has 0 aromatic carbocycles. The molecular formula is C14H25NO3. The van der Waals surface area contributed by atoms with Gasteiger partial charge in [-0.15, -0.1) is 0 Å². The highest BCUT2D eigenvalue weighted by molar-refractivity contribution is 4.94. The molecule has 2 heterocycles. The molecule has 1 aliphatic carbocycles. The molecule has 3 fully saturated rings. The molecule has 1 saturated carbocycles. The Labute approximate surface area is 109 Å². The third-order valence-electron chi connectivity index (χ3n) is 4.81. The number of hydrogen-bond donors (Lipinski definition) is 2. The van der Waals surface area contributed by atoms with Gasteiger partial charge in [0.2, 0.25) is 0 Å². The molecule has 3 aliphatic rings. The van der Waals surface area contributed by atoms with Crippen molar-refractivity contribution < 1.29 is 14.6 Å². The average molecular weight is 255 g/mol. The van der Waals surface area contributed by atoms with Crippen molar-refractivity contribution >= 4 is 0 Å². The van der Waals surface area contributed by atoms with Crippen LogP contribution < -0.4 is 5.32 Å². The molecule has 104 valence electrons. The number of nitrogens with one attached hydrogen (secondary N) is 1. The van der Waals surface area contributed by atoms with Gasteiger partial charge in [0.05, 0.1) is 17.8 Å². The van der Waals surface area contributed by atoms with Gasteiger partial charge in [0.1, 0.15) is 0 Å². The zero-order valence-electron chi connectivity index (χ0n) is 11.1. The predicted molar refractivity (Wildman–Crippen MR) is 68.6 cm³/mol. The number of rotatable bonds is 3. The largest absolute Gasteiger partial charge is 0.389 e. The zero-order valence-corrected chi connectivity index (χ0v) is 11.1. The minimum absolute atomic E-state index is 0.0335. The third-order valence-corrected chi connectivity index (χ3v) is 4.81. The Morgan fingerprint density at radius 2 is 2.00 bits per heavy atom. The van der Waals surface area contributed by atoms with Crippen molar-refractivity contribution in [3.05, 3.63) is 0 Å². The summed E-state index contributed by atoms with van der Waals surface area (Å²) in [4.78, 5) is 0. The molecule has 0 radical (unpaired) electrons. The van der Waals surface area contributed by atoms with Gasteiger partial charge < -0.3 is 19.9 Å². The maximum absolute atomic E-state index is 10.4. The molecule has 1 spiro atoms. The van der Waals surface area contributed by atoms with Crippen LogP contribution in [0.25, 0.3) is 0 Å². The zero-order chi connectivity index (χ0) is 12.5. The monoisotopic (exact) mass is 255 g/mol. The number of aliphatic hydroxyl groups is 1. The Morgan fingerprint density at radius 1 is 1.17 bits per heavy atom. The fourth-order valence-electron chi connectivity index (χ4n) is 3.61. The molecule has 0 amide bonds. The first-order valence-electron chi connectivity index (χ1n) is 7.37. The van der Waals surface area contributed by atoms with Gasteiger partial charge in [0, 0.05) is 32.2 Å². The Kier molecular flexibility index (Phi) is 3.63. The maximum Gasteiger partial charge on any atom is 0.0951 e. The Bertz CT molecular complexity index is 283. The van der Waals surface area contributed by atoms with Gasteiger partial charge in [-0.3, -0.25) is 0 Å². The molecule has 2 atom stereocenters. The summed E-state index contributed by atoms with van der Waals surface area (Å²) in [5, 5.41) is 13.9. The van der Waals surface area contributed by atoms with E-state index in [2.05, 4.69) is 5.32 Å². The van der Waals surface area contributed by atoms with Crippen molar-refractivity contribution in [3.63, 3.8) is 0 Å². The van der Waals surface area contributed by atoms with E-state index in [0.717, 1.165) is 58.5 Å². The van der Waals surface area contributed by atoms with Crippen LogP contribution in [0.3, 0.4) is 0 Å². The van der Waals surface area contributed by atoms with Crippen molar-refractivity contribution in [1.29, 1.82) is 0 Å². The molecule has 2 N–H and O–H groups in total. The van der Waals surface area contributed by atoms with E-state index in [-0.39, 0.29) is 5.60 Å². The molecular weight excluding hydrogens is 230 g/mol. The lowest BCUT2D eigenvalue weighted by molar-refractivity contribution is -0.0914. The van der Waals surface area contributed by atoms with Gasteiger partial charge in [-0.05, 0) is 25.7 Å². The van der Waals surface area contributed by atoms with Crippen LogP contribution in [-0.2, 0) is 9.47 Å². The molecule has 0 aromatic rings. The van der Waals surface area contributed by atoms with Crippen LogP contribution in [-0.4, -0.2) is 48.7 Å². The summed E-state index contributed by atoms with van der Waals surface area (Å²) in [6.07, 6.45) is 7.36. The van der Waals surface area contributed by atoms with E-state index < -0.39 is 5.60 Å². The van der Waals surface area contributed by atoms with Crippen LogP contribution in [0, 0.1) is 0 Å². The van der Waals surface area contributed by atoms with Crippen molar-refractivity contribution in [2.45, 2.75) is 62.2 Å². The summed E-state index contributed by atoms with van der Waals surface area (Å²) in [6.45, 7) is 3.14. The van der Waals surface area contributed by atoms with Gasteiger partial charge >= 0.3 is 0 Å². The number of hydrogen-bond acceptors (Lipinski definition) is 4. The van der Waals surface area contributed by atoms with Crippen LogP contribution in [0.5, 0.6) is 0 Å². The smallest absolute Gasteiger partial charge is 0.0951 e. The minimum Gasteiger partial charge on any atom is -0.389 e. The first-order chi connectivity index (χ1) is 8.70. The summed E-state index contributed by atoms with van der Waals surface area (Å²) in [5.74, 6) is 0. The fourth-order valence-corrected chi connectivity index (χ4v) is 3.61. The standard InChI is InChI=1S/C14H25NO3/c16-13(4-1-2-5-13)10-15-12-3-7-18-14(9-12)6-8-17-11-14/h12,15-16H,1-11H2. The summed E-state index contributed by atoms with van der Waals surface area (Å²) in [5.41, 5.74) is -0.480. The Balaban J connectivity index is 1.50. The lowest BCUT2D eigenvalue weighted by Gasteiger charge is -2.38. The molecule has 3 rings (SSSR count). The lowest BCUT2D eigenvalue weighted by Crippen LogP contribution is -2.50. The van der Waals surface area contributed by atoms with Gasteiger partial charge in [0.25, 0.3) is 0 Å².